The Morgan fingerprint density at radius 3 is 2.53 bits per heavy atom. The van der Waals surface area contributed by atoms with Crippen molar-refractivity contribution in [1.29, 1.82) is 0 Å². The van der Waals surface area contributed by atoms with Crippen LogP contribution in [0.25, 0.3) is 0 Å². The van der Waals surface area contributed by atoms with Gasteiger partial charge in [0, 0.05) is 20.3 Å². The number of hydrogen-bond acceptors (Lipinski definition) is 4. The molecule has 4 nitrogen and oxygen atoms in total. The zero-order valence-corrected chi connectivity index (χ0v) is 10.0. The van der Waals surface area contributed by atoms with Crippen LogP contribution in [0.3, 0.4) is 0 Å². The van der Waals surface area contributed by atoms with Gasteiger partial charge in [-0.15, -0.1) is 0 Å². The summed E-state index contributed by atoms with van der Waals surface area (Å²) in [5.41, 5.74) is 5.08. The summed E-state index contributed by atoms with van der Waals surface area (Å²) in [5.74, 6) is -0.190. The topological polar surface area (TPSA) is 61.5 Å². The molecule has 0 aliphatic heterocycles. The Labute approximate surface area is 92.1 Å². The van der Waals surface area contributed by atoms with Crippen LogP contribution >= 0.6 is 0 Å². The SMILES string of the molecule is CCOC(=O)C(C)(CN)CCCCOC. The van der Waals surface area contributed by atoms with Crippen LogP contribution in [0.4, 0.5) is 0 Å². The van der Waals surface area contributed by atoms with Gasteiger partial charge in [0.15, 0.2) is 0 Å². The van der Waals surface area contributed by atoms with E-state index in [2.05, 4.69) is 0 Å². The summed E-state index contributed by atoms with van der Waals surface area (Å²) in [4.78, 5) is 11.6. The van der Waals surface area contributed by atoms with Crippen LogP contribution in [0.2, 0.25) is 0 Å². The van der Waals surface area contributed by atoms with E-state index in [9.17, 15) is 4.79 Å². The van der Waals surface area contributed by atoms with Crippen LogP contribution in [0.15, 0.2) is 0 Å². The first-order chi connectivity index (χ1) is 7.10. The molecular formula is C11H23NO3. The highest BCUT2D eigenvalue weighted by molar-refractivity contribution is 5.76. The van der Waals surface area contributed by atoms with Gasteiger partial charge in [-0.25, -0.2) is 0 Å². The first-order valence-electron chi connectivity index (χ1n) is 5.47. The van der Waals surface area contributed by atoms with Crippen LogP contribution in [-0.4, -0.2) is 32.8 Å². The quantitative estimate of drug-likeness (QED) is 0.492. The van der Waals surface area contributed by atoms with Gasteiger partial charge < -0.3 is 15.2 Å². The van der Waals surface area contributed by atoms with Gasteiger partial charge in [-0.1, -0.05) is 0 Å². The summed E-state index contributed by atoms with van der Waals surface area (Å²) < 4.78 is 9.96. The highest BCUT2D eigenvalue weighted by Gasteiger charge is 2.32. The van der Waals surface area contributed by atoms with Gasteiger partial charge in [-0.05, 0) is 33.1 Å². The molecule has 0 rings (SSSR count). The molecule has 0 saturated carbocycles. The maximum Gasteiger partial charge on any atom is 0.313 e. The minimum atomic E-state index is -0.538. The smallest absolute Gasteiger partial charge is 0.313 e. The van der Waals surface area contributed by atoms with E-state index in [0.717, 1.165) is 25.9 Å². The monoisotopic (exact) mass is 217 g/mol. The molecule has 0 aliphatic rings. The predicted octanol–water partition coefficient (Wildman–Crippen LogP) is 1.33. The highest BCUT2D eigenvalue weighted by Crippen LogP contribution is 2.24. The molecule has 0 spiro atoms. The van der Waals surface area contributed by atoms with Crippen molar-refractivity contribution in [3.63, 3.8) is 0 Å². The largest absolute Gasteiger partial charge is 0.466 e. The average Bonchev–Trinajstić information content (AvgIpc) is 2.24. The minimum absolute atomic E-state index is 0.190. The van der Waals surface area contributed by atoms with Crippen LogP contribution < -0.4 is 5.73 Å². The van der Waals surface area contributed by atoms with Crippen LogP contribution in [0.1, 0.15) is 33.1 Å². The Balaban J connectivity index is 4.00. The van der Waals surface area contributed by atoms with Gasteiger partial charge in [0.25, 0.3) is 0 Å². The second kappa shape index (κ2) is 7.65. The fraction of sp³-hybridized carbons (Fsp3) is 0.909. The minimum Gasteiger partial charge on any atom is -0.466 e. The number of unbranched alkanes of at least 4 members (excludes halogenated alkanes) is 1. The lowest BCUT2D eigenvalue weighted by atomic mass is 9.85. The summed E-state index contributed by atoms with van der Waals surface area (Å²) in [5, 5.41) is 0. The lowest BCUT2D eigenvalue weighted by molar-refractivity contribution is -0.154. The third-order valence-corrected chi connectivity index (χ3v) is 2.55. The van der Waals surface area contributed by atoms with Crippen molar-refractivity contribution in [1.82, 2.24) is 0 Å². The number of ether oxygens (including phenoxy) is 2. The normalized spacial score (nSPS) is 14.7. The maximum atomic E-state index is 11.6. The van der Waals surface area contributed by atoms with Crippen molar-refractivity contribution in [2.45, 2.75) is 33.1 Å². The molecule has 0 fully saturated rings. The molecule has 90 valence electrons. The van der Waals surface area contributed by atoms with E-state index in [1.54, 1.807) is 14.0 Å². The van der Waals surface area contributed by atoms with Crippen LogP contribution in [-0.2, 0) is 14.3 Å². The molecule has 0 aromatic carbocycles. The fourth-order valence-corrected chi connectivity index (χ4v) is 1.35. The molecule has 0 aliphatic carbocycles. The Kier molecular flexibility index (Phi) is 7.34. The molecule has 0 aromatic rings. The second-order valence-corrected chi connectivity index (χ2v) is 3.94. The lowest BCUT2D eigenvalue weighted by Gasteiger charge is -2.25. The molecule has 0 bridgehead atoms. The summed E-state index contributed by atoms with van der Waals surface area (Å²) in [6.07, 6.45) is 2.64. The zero-order valence-electron chi connectivity index (χ0n) is 10.0. The summed E-state index contributed by atoms with van der Waals surface area (Å²) >= 11 is 0. The van der Waals surface area contributed by atoms with Gasteiger partial charge in [-0.2, -0.15) is 0 Å². The highest BCUT2D eigenvalue weighted by atomic mass is 16.5. The second-order valence-electron chi connectivity index (χ2n) is 3.94. The van der Waals surface area contributed by atoms with Crippen LogP contribution in [0, 0.1) is 5.41 Å². The van der Waals surface area contributed by atoms with Gasteiger partial charge in [0.05, 0.1) is 12.0 Å². The molecular weight excluding hydrogens is 194 g/mol. The van der Waals surface area contributed by atoms with E-state index in [1.165, 1.54) is 0 Å². The number of carbonyl (C=O) groups is 1. The van der Waals surface area contributed by atoms with Crippen molar-refractivity contribution < 1.29 is 14.3 Å². The molecule has 4 heteroatoms. The summed E-state index contributed by atoms with van der Waals surface area (Å²) in [6, 6.07) is 0. The van der Waals surface area contributed by atoms with E-state index >= 15 is 0 Å². The van der Waals surface area contributed by atoms with E-state index in [-0.39, 0.29) is 5.97 Å². The zero-order chi connectivity index (χ0) is 11.7. The Morgan fingerprint density at radius 1 is 1.40 bits per heavy atom. The van der Waals surface area contributed by atoms with E-state index in [4.69, 9.17) is 15.2 Å². The van der Waals surface area contributed by atoms with Crippen molar-refractivity contribution in [3.8, 4) is 0 Å². The van der Waals surface area contributed by atoms with Crippen molar-refractivity contribution in [2.24, 2.45) is 11.1 Å². The molecule has 2 N–H and O–H groups in total. The Bertz CT molecular complexity index is 185. The van der Waals surface area contributed by atoms with Crippen molar-refractivity contribution in [2.75, 3.05) is 26.9 Å². The number of methoxy groups -OCH3 is 1. The molecule has 15 heavy (non-hydrogen) atoms. The van der Waals surface area contributed by atoms with Gasteiger partial charge >= 0.3 is 5.97 Å². The first-order valence-corrected chi connectivity index (χ1v) is 5.47. The number of nitrogens with two attached hydrogens (primary N) is 1. The Morgan fingerprint density at radius 2 is 2.07 bits per heavy atom. The molecule has 1 atom stereocenters. The third kappa shape index (κ3) is 5.14. The fourth-order valence-electron chi connectivity index (χ4n) is 1.35. The molecule has 0 aromatic heterocycles. The van der Waals surface area contributed by atoms with Gasteiger partial charge in [-0.3, -0.25) is 4.79 Å². The number of esters is 1. The first kappa shape index (κ1) is 14.4. The van der Waals surface area contributed by atoms with Gasteiger partial charge in [0.1, 0.15) is 0 Å². The van der Waals surface area contributed by atoms with Gasteiger partial charge in [0.2, 0.25) is 0 Å². The third-order valence-electron chi connectivity index (χ3n) is 2.55. The van der Waals surface area contributed by atoms with E-state index < -0.39 is 5.41 Å². The standard InChI is InChI=1S/C11H23NO3/c1-4-15-10(13)11(2,9-12)7-5-6-8-14-3/h4-9,12H2,1-3H3. The lowest BCUT2D eigenvalue weighted by Crippen LogP contribution is -2.37. The summed E-state index contributed by atoms with van der Waals surface area (Å²) in [6.45, 7) is 5.13. The average molecular weight is 217 g/mol. The Hall–Kier alpha value is -0.610. The molecule has 0 radical (unpaired) electrons. The van der Waals surface area contributed by atoms with Crippen molar-refractivity contribution >= 4 is 5.97 Å². The number of carbonyl (C=O) groups excluding carboxylic acids is 1. The van der Waals surface area contributed by atoms with Crippen LogP contribution in [0.5, 0.6) is 0 Å². The van der Waals surface area contributed by atoms with E-state index in [1.807, 2.05) is 6.92 Å². The predicted molar refractivity (Wildman–Crippen MR) is 59.5 cm³/mol. The maximum absolute atomic E-state index is 11.6. The molecule has 1 unspecified atom stereocenters. The molecule has 0 saturated heterocycles. The summed E-state index contributed by atoms with van der Waals surface area (Å²) in [7, 11) is 1.67. The van der Waals surface area contributed by atoms with Crippen molar-refractivity contribution in [3.05, 3.63) is 0 Å². The molecule has 0 amide bonds. The molecule has 0 heterocycles. The number of rotatable bonds is 8. The van der Waals surface area contributed by atoms with E-state index in [0.29, 0.717) is 13.2 Å². The number of hydrogen-bond donors (Lipinski definition) is 1.